The van der Waals surface area contributed by atoms with Crippen LogP contribution in [0.2, 0.25) is 0 Å². The van der Waals surface area contributed by atoms with Gasteiger partial charge in [-0.3, -0.25) is 9.59 Å². The number of rotatable bonds is 4. The number of carbonyl (C=O) groups excluding carboxylic acids is 1. The van der Waals surface area contributed by atoms with Crippen molar-refractivity contribution in [1.29, 1.82) is 0 Å². The predicted molar refractivity (Wildman–Crippen MR) is 80.6 cm³/mol. The van der Waals surface area contributed by atoms with Crippen LogP contribution < -0.4 is 11.1 Å². The summed E-state index contributed by atoms with van der Waals surface area (Å²) in [5.41, 5.74) is 5.79. The van der Waals surface area contributed by atoms with Crippen molar-refractivity contribution in [3.8, 4) is 0 Å². The first-order chi connectivity index (χ1) is 10.1. The monoisotopic (exact) mass is 296 g/mol. The SMILES string of the molecule is NCC1CCCCC1C(=O)NC1CCCCCC1C(=O)O. The lowest BCUT2D eigenvalue weighted by Gasteiger charge is -2.32. The molecule has 120 valence electrons. The van der Waals surface area contributed by atoms with Crippen LogP contribution in [0.1, 0.15) is 57.8 Å². The smallest absolute Gasteiger partial charge is 0.308 e. The van der Waals surface area contributed by atoms with Crippen molar-refractivity contribution in [2.24, 2.45) is 23.5 Å². The number of nitrogens with two attached hydrogens (primary N) is 1. The third-order valence-electron chi connectivity index (χ3n) is 5.21. The van der Waals surface area contributed by atoms with Gasteiger partial charge >= 0.3 is 5.97 Å². The van der Waals surface area contributed by atoms with E-state index < -0.39 is 11.9 Å². The Morgan fingerprint density at radius 1 is 0.952 bits per heavy atom. The molecule has 0 heterocycles. The maximum atomic E-state index is 12.6. The fourth-order valence-corrected chi connectivity index (χ4v) is 3.90. The Morgan fingerprint density at radius 2 is 1.57 bits per heavy atom. The van der Waals surface area contributed by atoms with E-state index in [4.69, 9.17) is 5.73 Å². The summed E-state index contributed by atoms with van der Waals surface area (Å²) in [5.74, 6) is -0.949. The fraction of sp³-hybridized carbons (Fsp3) is 0.875. The Morgan fingerprint density at radius 3 is 2.29 bits per heavy atom. The van der Waals surface area contributed by atoms with Crippen molar-refractivity contribution in [3.05, 3.63) is 0 Å². The highest BCUT2D eigenvalue weighted by atomic mass is 16.4. The molecule has 0 aromatic heterocycles. The molecule has 4 unspecified atom stereocenters. The van der Waals surface area contributed by atoms with Gasteiger partial charge in [0.15, 0.2) is 0 Å². The zero-order valence-corrected chi connectivity index (χ0v) is 12.7. The summed E-state index contributed by atoms with van der Waals surface area (Å²) in [7, 11) is 0. The molecule has 2 fully saturated rings. The maximum absolute atomic E-state index is 12.6. The van der Waals surface area contributed by atoms with Crippen molar-refractivity contribution in [1.82, 2.24) is 5.32 Å². The molecule has 5 heteroatoms. The first-order valence-corrected chi connectivity index (χ1v) is 8.36. The molecule has 2 aliphatic carbocycles. The highest BCUT2D eigenvalue weighted by molar-refractivity contribution is 5.80. The highest BCUT2D eigenvalue weighted by Gasteiger charge is 2.35. The lowest BCUT2D eigenvalue weighted by Crippen LogP contribution is -2.47. The number of carbonyl (C=O) groups is 2. The van der Waals surface area contributed by atoms with Crippen LogP contribution in [0.5, 0.6) is 0 Å². The van der Waals surface area contributed by atoms with Gasteiger partial charge in [-0.25, -0.2) is 0 Å². The van der Waals surface area contributed by atoms with E-state index >= 15 is 0 Å². The van der Waals surface area contributed by atoms with Crippen LogP contribution in [0.25, 0.3) is 0 Å². The second kappa shape index (κ2) is 7.78. The number of carboxylic acids is 1. The zero-order chi connectivity index (χ0) is 15.2. The molecular formula is C16H28N2O3. The van der Waals surface area contributed by atoms with E-state index in [0.29, 0.717) is 13.0 Å². The van der Waals surface area contributed by atoms with Gasteiger partial charge in [-0.1, -0.05) is 32.1 Å². The Kier molecular flexibility index (Phi) is 6.03. The second-order valence-electron chi connectivity index (χ2n) is 6.58. The van der Waals surface area contributed by atoms with Crippen LogP contribution in [0, 0.1) is 17.8 Å². The van der Waals surface area contributed by atoms with Crippen LogP contribution in [-0.4, -0.2) is 29.6 Å². The summed E-state index contributed by atoms with van der Waals surface area (Å²) in [6.45, 7) is 0.547. The van der Waals surface area contributed by atoms with Crippen molar-refractivity contribution in [3.63, 3.8) is 0 Å². The first kappa shape index (κ1) is 16.3. The summed E-state index contributed by atoms with van der Waals surface area (Å²) >= 11 is 0. The third-order valence-corrected chi connectivity index (χ3v) is 5.21. The molecule has 0 aromatic rings. The molecule has 21 heavy (non-hydrogen) atoms. The molecule has 4 N–H and O–H groups in total. The van der Waals surface area contributed by atoms with E-state index in [2.05, 4.69) is 5.32 Å². The van der Waals surface area contributed by atoms with Gasteiger partial charge in [-0.05, 0) is 38.1 Å². The number of nitrogens with one attached hydrogen (secondary N) is 1. The van der Waals surface area contributed by atoms with Crippen molar-refractivity contribution < 1.29 is 14.7 Å². The average molecular weight is 296 g/mol. The predicted octanol–water partition coefficient (Wildman–Crippen LogP) is 1.90. The maximum Gasteiger partial charge on any atom is 0.308 e. The highest BCUT2D eigenvalue weighted by Crippen LogP contribution is 2.30. The minimum Gasteiger partial charge on any atom is -0.481 e. The van der Waals surface area contributed by atoms with Gasteiger partial charge in [0.05, 0.1) is 5.92 Å². The second-order valence-corrected chi connectivity index (χ2v) is 6.58. The van der Waals surface area contributed by atoms with Gasteiger partial charge in [0, 0.05) is 12.0 Å². The molecule has 0 spiro atoms. The van der Waals surface area contributed by atoms with Crippen molar-refractivity contribution in [2.45, 2.75) is 63.8 Å². The number of hydrogen-bond acceptors (Lipinski definition) is 3. The van der Waals surface area contributed by atoms with E-state index in [0.717, 1.165) is 51.4 Å². The van der Waals surface area contributed by atoms with Gasteiger partial charge in [0.25, 0.3) is 0 Å². The lowest BCUT2D eigenvalue weighted by molar-refractivity contribution is -0.143. The van der Waals surface area contributed by atoms with Crippen molar-refractivity contribution >= 4 is 11.9 Å². The molecule has 0 saturated heterocycles. The normalized spacial score (nSPS) is 34.0. The molecule has 2 saturated carbocycles. The molecular weight excluding hydrogens is 268 g/mol. The topological polar surface area (TPSA) is 92.4 Å². The van der Waals surface area contributed by atoms with E-state index in [1.54, 1.807) is 0 Å². The largest absolute Gasteiger partial charge is 0.481 e. The van der Waals surface area contributed by atoms with Crippen LogP contribution in [0.3, 0.4) is 0 Å². The van der Waals surface area contributed by atoms with Gasteiger partial charge in [-0.2, -0.15) is 0 Å². The molecule has 0 aliphatic heterocycles. The number of amides is 1. The Hall–Kier alpha value is -1.10. The van der Waals surface area contributed by atoms with Crippen molar-refractivity contribution in [2.75, 3.05) is 6.54 Å². The quantitative estimate of drug-likeness (QED) is 0.691. The Balaban J connectivity index is 1.99. The number of carboxylic acid groups (broad SMARTS) is 1. The summed E-state index contributed by atoms with van der Waals surface area (Å²) in [4.78, 5) is 24.0. The first-order valence-electron chi connectivity index (χ1n) is 8.36. The molecule has 2 aliphatic rings. The molecule has 4 atom stereocenters. The average Bonchev–Trinajstić information content (AvgIpc) is 2.72. The van der Waals surface area contributed by atoms with Crippen LogP contribution in [0.15, 0.2) is 0 Å². The van der Waals surface area contributed by atoms with Crippen LogP contribution in [0.4, 0.5) is 0 Å². The van der Waals surface area contributed by atoms with E-state index in [9.17, 15) is 14.7 Å². The fourth-order valence-electron chi connectivity index (χ4n) is 3.90. The van der Waals surface area contributed by atoms with Gasteiger partial charge in [0.1, 0.15) is 0 Å². The molecule has 1 amide bonds. The lowest BCUT2D eigenvalue weighted by atomic mass is 9.78. The van der Waals surface area contributed by atoms with Gasteiger partial charge < -0.3 is 16.2 Å². The summed E-state index contributed by atoms with van der Waals surface area (Å²) in [6, 6.07) is -0.210. The Labute approximate surface area is 126 Å². The minimum atomic E-state index is -0.777. The van der Waals surface area contributed by atoms with Crippen LogP contribution in [-0.2, 0) is 9.59 Å². The standard InChI is InChI=1S/C16H28N2O3/c17-10-11-6-4-5-7-12(11)15(19)18-14-9-3-1-2-8-13(14)16(20)21/h11-14H,1-10,17H2,(H,18,19)(H,20,21). The summed E-state index contributed by atoms with van der Waals surface area (Å²) < 4.78 is 0. The molecule has 0 bridgehead atoms. The number of aliphatic carboxylic acids is 1. The minimum absolute atomic E-state index is 0.0264. The summed E-state index contributed by atoms with van der Waals surface area (Å²) in [5, 5.41) is 12.4. The molecule has 2 rings (SSSR count). The summed E-state index contributed by atoms with van der Waals surface area (Å²) in [6.07, 6.45) is 8.57. The van der Waals surface area contributed by atoms with Gasteiger partial charge in [-0.15, -0.1) is 0 Å². The molecule has 0 aromatic carbocycles. The molecule has 5 nitrogen and oxygen atoms in total. The van der Waals surface area contributed by atoms with E-state index in [1.807, 2.05) is 0 Å². The third kappa shape index (κ3) is 4.19. The van der Waals surface area contributed by atoms with E-state index in [-0.39, 0.29) is 23.8 Å². The van der Waals surface area contributed by atoms with Crippen LogP contribution >= 0.6 is 0 Å². The Bertz CT molecular complexity index is 373. The van der Waals surface area contributed by atoms with E-state index in [1.165, 1.54) is 0 Å². The number of hydrogen-bond donors (Lipinski definition) is 3. The molecule has 0 radical (unpaired) electrons. The van der Waals surface area contributed by atoms with Gasteiger partial charge in [0.2, 0.25) is 5.91 Å². The zero-order valence-electron chi connectivity index (χ0n) is 12.7.